The van der Waals surface area contributed by atoms with Gasteiger partial charge in [-0.3, -0.25) is 4.57 Å². The number of fused-ring (bicyclic) bond motifs is 4. The van der Waals surface area contributed by atoms with Crippen LogP contribution in [0.2, 0.25) is 0 Å². The summed E-state index contributed by atoms with van der Waals surface area (Å²) >= 11 is 0. The summed E-state index contributed by atoms with van der Waals surface area (Å²) < 4.78 is 258. The van der Waals surface area contributed by atoms with Crippen molar-refractivity contribution in [3.8, 4) is 107 Å². The van der Waals surface area contributed by atoms with Gasteiger partial charge in [-0.1, -0.05) is 255 Å². The molecule has 0 aliphatic carbocycles. The summed E-state index contributed by atoms with van der Waals surface area (Å²) in [5.41, 5.74) is -4.74. The third kappa shape index (κ3) is 12.4. The smallest absolute Gasteiger partial charge is 0.268 e. The number of aromatic nitrogens is 4. The van der Waals surface area contributed by atoms with Crippen molar-refractivity contribution in [2.75, 3.05) is 0 Å². The molecule has 0 unspecified atom stereocenters. The van der Waals surface area contributed by atoms with E-state index in [1.165, 1.54) is 16.7 Å². The predicted octanol–water partition coefficient (Wildman–Crippen LogP) is 23.2. The van der Waals surface area contributed by atoms with E-state index in [1.807, 2.05) is 77.4 Å². The summed E-state index contributed by atoms with van der Waals surface area (Å²) in [6.45, 7) is 17.8. The van der Waals surface area contributed by atoms with Gasteiger partial charge < -0.3 is 13.9 Å². The molecule has 0 N–H and O–H groups in total. The summed E-state index contributed by atoms with van der Waals surface area (Å²) in [6.07, 6.45) is 5.28. The zero-order valence-electron chi connectivity index (χ0n) is 79.6. The van der Waals surface area contributed by atoms with Crippen LogP contribution >= 0.6 is 0 Å². The zero-order chi connectivity index (χ0) is 87.8. The first-order chi connectivity index (χ1) is 56.8. The molecular weight excluding hydrogens is 1350 g/mol. The molecule has 0 radical (unpaired) electrons. The van der Waals surface area contributed by atoms with Gasteiger partial charge in [-0.2, -0.15) is 18.2 Å². The number of benzene rings is 12. The van der Waals surface area contributed by atoms with Gasteiger partial charge in [0.05, 0.1) is 52.4 Å². The fourth-order valence-electron chi connectivity index (χ4n) is 11.6. The Balaban J connectivity index is 0.0000121. The van der Waals surface area contributed by atoms with Gasteiger partial charge in [0.2, 0.25) is 0 Å². The maximum atomic E-state index is 10.8. The van der Waals surface area contributed by atoms with Gasteiger partial charge in [-0.15, -0.1) is 29.7 Å². The molecule has 15 rings (SSSR count). The molecule has 12 aromatic carbocycles. The number of hydrogen-bond acceptors (Lipinski definition) is 2. The van der Waals surface area contributed by atoms with E-state index in [4.69, 9.17) is 26.2 Å². The van der Waals surface area contributed by atoms with Crippen LogP contribution in [-0.4, -0.2) is 14.1 Å². The molecule has 6 heteroatoms. The molecule has 96 heavy (non-hydrogen) atoms. The van der Waals surface area contributed by atoms with Crippen LogP contribution in [0.3, 0.4) is 0 Å². The van der Waals surface area contributed by atoms with Gasteiger partial charge in [0, 0.05) is 44.3 Å². The Labute approximate surface area is 615 Å². The molecule has 0 aliphatic rings. The van der Waals surface area contributed by atoms with Crippen LogP contribution in [-0.2, 0) is 37.3 Å². The van der Waals surface area contributed by atoms with Gasteiger partial charge in [0.25, 0.3) is 6.33 Å². The van der Waals surface area contributed by atoms with Crippen molar-refractivity contribution < 1.29 is 66.0 Å². The number of pyridine rings is 1. The molecule has 3 aromatic heterocycles. The van der Waals surface area contributed by atoms with E-state index in [0.717, 1.165) is 33.0 Å². The molecule has 3 heterocycles. The van der Waals surface area contributed by atoms with Gasteiger partial charge in [-0.05, 0) is 182 Å². The summed E-state index contributed by atoms with van der Waals surface area (Å²) in [5.74, 6) is 1.03. The average molecular weight is 1450 g/mol. The molecule has 0 aliphatic heterocycles. The first kappa shape index (κ1) is 39.4. The van der Waals surface area contributed by atoms with Gasteiger partial charge >= 0.3 is 0 Å². The minimum Gasteiger partial charge on any atom is -0.510 e. The van der Waals surface area contributed by atoms with E-state index < -0.39 is 218 Å². The molecular formula is C90H74N4OPt-2. The number of rotatable bonds is 12. The largest absolute Gasteiger partial charge is 0.510 e. The molecule has 0 fully saturated rings. The second kappa shape index (κ2) is 25.4. The Morgan fingerprint density at radius 2 is 0.906 bits per heavy atom. The molecule has 0 spiro atoms. The predicted molar refractivity (Wildman–Crippen MR) is 394 cm³/mol. The normalized spacial score (nSPS) is 15.7. The number of nitrogens with zero attached hydrogens (tertiary/aromatic N) is 4. The molecule has 0 saturated heterocycles. The van der Waals surface area contributed by atoms with E-state index in [0.29, 0.717) is 16.9 Å². The first-order valence-corrected chi connectivity index (χ1v) is 30.8. The quantitative estimate of drug-likeness (QED) is 0.0903. The average Bonchev–Trinajstić information content (AvgIpc) is 1.04. The minimum atomic E-state index is -1.19. The van der Waals surface area contributed by atoms with E-state index >= 15 is 0 Å². The maximum Gasteiger partial charge on any atom is 0.268 e. The van der Waals surface area contributed by atoms with Crippen LogP contribution in [0.25, 0.3) is 128 Å². The summed E-state index contributed by atoms with van der Waals surface area (Å²) in [7, 11) is 0. The topological polar surface area (TPSA) is 35.9 Å². The molecule has 15 aromatic rings. The van der Waals surface area contributed by atoms with Crippen LogP contribution in [0, 0.1) is 18.5 Å². The number of hydrogen-bond donors (Lipinski definition) is 0. The standard InChI is InChI=1S/C90H74N4O.Pt/c1-88(2,3)72-40-37-64(38-41-72)65-39-44-83-85(53-65)92(75-33-24-34-76(57-75)95-77-42-43-79-78-35-22-23-36-82(78)94(84(79)58-77)86-56-73(45-46-91-86)89(4,5)6)59-93(83)87-80(70-49-66(60-25-14-10-15-26-60)47-67(50-70)61-27-16-11-17-28-61)54-74(90(7,8)9)55-81(87)71-51-68(62-29-18-12-19-30-62)48-69(52-71)63-31-20-13-21-32-63;/h10-56H,1-9H3;/q-2;/i10D,11D,12D,13D,14D,15D,16D,17D,18D,19D,20D,21D,25D,26D,27D,28D,29D,30D,31D,32D,47D,48D,49D,50D,51D,52D;. The summed E-state index contributed by atoms with van der Waals surface area (Å²) in [4.78, 5) is 4.86. The summed E-state index contributed by atoms with van der Waals surface area (Å²) in [6, 6.07) is 19.3. The van der Waals surface area contributed by atoms with Gasteiger partial charge in [0.1, 0.15) is 5.82 Å². The Hall–Kier alpha value is -10.5. The fourth-order valence-corrected chi connectivity index (χ4v) is 11.6. The zero-order valence-corrected chi connectivity index (χ0v) is 55.9. The Bertz CT molecular complexity index is 6480. The number of para-hydroxylation sites is 1. The third-order valence-corrected chi connectivity index (χ3v) is 16.6. The van der Waals surface area contributed by atoms with Crippen LogP contribution in [0.15, 0.2) is 285 Å². The molecule has 0 amide bonds. The van der Waals surface area contributed by atoms with Crippen molar-refractivity contribution >= 4 is 32.8 Å². The number of imidazole rings is 1. The maximum absolute atomic E-state index is 10.8. The molecule has 0 saturated carbocycles. The monoisotopic (exact) mass is 1450 g/mol. The van der Waals surface area contributed by atoms with Crippen molar-refractivity contribution in [3.63, 3.8) is 0 Å². The molecule has 0 atom stereocenters. The van der Waals surface area contributed by atoms with E-state index in [9.17, 15) is 19.2 Å². The Kier molecular flexibility index (Phi) is 10.4. The number of ether oxygens (including phenoxy) is 1. The van der Waals surface area contributed by atoms with Gasteiger partial charge in [-0.25, -0.2) is 4.98 Å². The SMILES string of the molecule is [2H]c1c([2H])c([2H])c(-c2c([2H])c(-c3cc(C(C)(C)C)cc(-c4c([2H])c(-c5c([2H])c([2H])c([2H])c([2H])c5[2H])c([2H])c(-c5c([2H])c([2H])c([2H])c([2H])c5[2H])c4[2H])c3-[n+]3[c-]n(-c4[c-]c(Oc5[c-]c6c(cc5)c5ccccc5n6-c5cc(C(C)(C)C)ccn5)ccc4)c4cc(-c5ccc(C(C)(C)C)cc5)ccc43)c([2H])c(-c3c([2H])c([2H])c([2H])c([2H])c3[2H])c2[2H])c([2H])c1[2H].[Pt]. The van der Waals surface area contributed by atoms with Crippen LogP contribution in [0.5, 0.6) is 11.5 Å². The van der Waals surface area contributed by atoms with Crippen LogP contribution < -0.4 is 9.30 Å². The van der Waals surface area contributed by atoms with E-state index in [-0.39, 0.29) is 82.5 Å². The van der Waals surface area contributed by atoms with Crippen LogP contribution in [0.4, 0.5) is 0 Å². The van der Waals surface area contributed by atoms with E-state index in [2.05, 4.69) is 60.0 Å². The Morgan fingerprint density at radius 1 is 0.406 bits per heavy atom. The van der Waals surface area contributed by atoms with Crippen molar-refractivity contribution in [3.05, 3.63) is 320 Å². The third-order valence-electron chi connectivity index (χ3n) is 16.6. The van der Waals surface area contributed by atoms with Crippen LogP contribution in [0.1, 0.15) is 115 Å². The van der Waals surface area contributed by atoms with Gasteiger partial charge in [0.15, 0.2) is 0 Å². The first-order valence-electron chi connectivity index (χ1n) is 43.8. The van der Waals surface area contributed by atoms with E-state index in [1.54, 1.807) is 67.9 Å². The Morgan fingerprint density at radius 3 is 1.44 bits per heavy atom. The molecule has 472 valence electrons. The van der Waals surface area contributed by atoms with Crippen molar-refractivity contribution in [1.82, 2.24) is 14.1 Å². The fraction of sp³-hybridized carbons (Fsp3) is 0.133. The molecule has 0 bridgehead atoms. The minimum absolute atomic E-state index is 0. The van der Waals surface area contributed by atoms with Crippen molar-refractivity contribution in [2.24, 2.45) is 0 Å². The second-order valence-electron chi connectivity index (χ2n) is 26.1. The summed E-state index contributed by atoms with van der Waals surface area (Å²) in [5, 5.41) is 1.77. The second-order valence-corrected chi connectivity index (χ2v) is 26.1. The van der Waals surface area contributed by atoms with Crippen molar-refractivity contribution in [1.29, 1.82) is 0 Å². The van der Waals surface area contributed by atoms with Crippen molar-refractivity contribution in [2.45, 2.75) is 78.6 Å². The molecule has 5 nitrogen and oxygen atoms in total.